The third-order valence-corrected chi connectivity index (χ3v) is 3.73. The molecule has 0 heterocycles. The Balaban J connectivity index is 3.33. The van der Waals surface area contributed by atoms with Crippen molar-refractivity contribution in [2.24, 2.45) is 0 Å². The van der Waals surface area contributed by atoms with E-state index < -0.39 is 20.1 Å². The average Bonchev–Trinajstić information content (AvgIpc) is 2.05. The van der Waals surface area contributed by atoms with Gasteiger partial charge in [0.25, 0.3) is 0 Å². The topological polar surface area (TPSA) is 107 Å². The Morgan fingerprint density at radius 2 is 2.00 bits per heavy atom. The standard InChI is InChI=1S/C8H10AsNO5/c1-5(11)10-8-6(9(13,14)15)3-2-4-7(8)12/h2-4,12H,1H3,(H,10,11)(H2,13,14,15). The third-order valence-electron chi connectivity index (χ3n) is 1.64. The number of nitrogens with one attached hydrogen (secondary N) is 1. The number of hydrogen-bond donors (Lipinski definition) is 4. The van der Waals surface area contributed by atoms with Gasteiger partial charge in [-0.15, -0.1) is 0 Å². The number of rotatable bonds is 2. The van der Waals surface area contributed by atoms with E-state index in [4.69, 9.17) is 8.19 Å². The summed E-state index contributed by atoms with van der Waals surface area (Å²) in [6.45, 7) is 1.18. The Bertz CT molecular complexity index is 439. The fraction of sp³-hybridized carbons (Fsp3) is 0.125. The SMILES string of the molecule is CC(=O)Nc1c(O)cccc1[As](=O)(O)O. The van der Waals surface area contributed by atoms with Gasteiger partial charge in [0, 0.05) is 0 Å². The average molecular weight is 275 g/mol. The van der Waals surface area contributed by atoms with Crippen molar-refractivity contribution in [3.8, 4) is 5.75 Å². The van der Waals surface area contributed by atoms with Gasteiger partial charge in [0.2, 0.25) is 0 Å². The van der Waals surface area contributed by atoms with Gasteiger partial charge in [-0.3, -0.25) is 0 Å². The van der Waals surface area contributed by atoms with Crippen LogP contribution in [0.1, 0.15) is 6.92 Å². The molecule has 82 valence electrons. The first kappa shape index (κ1) is 11.8. The minimum absolute atomic E-state index is 0.225. The molecule has 0 saturated carbocycles. The monoisotopic (exact) mass is 275 g/mol. The zero-order chi connectivity index (χ0) is 11.6. The summed E-state index contributed by atoms with van der Waals surface area (Å²) < 4.78 is 28.8. The van der Waals surface area contributed by atoms with Crippen LogP contribution in [0.5, 0.6) is 5.75 Å². The van der Waals surface area contributed by atoms with E-state index in [-0.39, 0.29) is 15.8 Å². The van der Waals surface area contributed by atoms with Gasteiger partial charge < -0.3 is 0 Å². The van der Waals surface area contributed by atoms with Crippen LogP contribution < -0.4 is 9.67 Å². The molecule has 0 fully saturated rings. The number of amides is 1. The summed E-state index contributed by atoms with van der Waals surface area (Å²) in [5, 5.41) is 11.5. The van der Waals surface area contributed by atoms with Crippen LogP contribution in [0.2, 0.25) is 0 Å². The van der Waals surface area contributed by atoms with Crippen LogP contribution in [0.25, 0.3) is 0 Å². The molecule has 0 spiro atoms. The first-order valence-corrected chi connectivity index (χ1v) is 7.36. The van der Waals surface area contributed by atoms with Crippen LogP contribution in [0.3, 0.4) is 0 Å². The second-order valence-corrected chi connectivity index (χ2v) is 6.19. The Labute approximate surface area is 88.6 Å². The van der Waals surface area contributed by atoms with E-state index in [1.807, 2.05) is 0 Å². The molecule has 4 N–H and O–H groups in total. The Morgan fingerprint density at radius 3 is 2.47 bits per heavy atom. The molecule has 7 heteroatoms. The van der Waals surface area contributed by atoms with Crippen LogP contribution in [0, 0.1) is 0 Å². The van der Waals surface area contributed by atoms with Crippen molar-refractivity contribution >= 4 is 30.1 Å². The van der Waals surface area contributed by atoms with Crippen LogP contribution in [-0.4, -0.2) is 33.4 Å². The molecular formula is C8H10AsNO5. The molecule has 0 saturated heterocycles. The maximum absolute atomic E-state index is 11.1. The van der Waals surface area contributed by atoms with Gasteiger partial charge in [-0.2, -0.15) is 0 Å². The van der Waals surface area contributed by atoms with E-state index in [0.717, 1.165) is 0 Å². The zero-order valence-corrected chi connectivity index (χ0v) is 9.71. The number of aromatic hydroxyl groups is 1. The number of anilines is 1. The predicted molar refractivity (Wildman–Crippen MR) is 52.9 cm³/mol. The molecule has 0 aliphatic rings. The fourth-order valence-corrected chi connectivity index (χ4v) is 2.63. The van der Waals surface area contributed by atoms with Crippen molar-refractivity contribution in [3.63, 3.8) is 0 Å². The maximum atomic E-state index is 11.1. The summed E-state index contributed by atoms with van der Waals surface area (Å²) >= 11 is -5.14. The van der Waals surface area contributed by atoms with E-state index in [2.05, 4.69) is 5.32 Å². The van der Waals surface area contributed by atoms with Crippen molar-refractivity contribution in [3.05, 3.63) is 18.2 Å². The van der Waals surface area contributed by atoms with Gasteiger partial charge in [0.1, 0.15) is 0 Å². The van der Waals surface area contributed by atoms with Gasteiger partial charge in [0.15, 0.2) is 0 Å². The van der Waals surface area contributed by atoms with Crippen molar-refractivity contribution in [2.45, 2.75) is 6.92 Å². The van der Waals surface area contributed by atoms with E-state index in [9.17, 15) is 13.6 Å². The van der Waals surface area contributed by atoms with Crippen LogP contribution >= 0.6 is 0 Å². The minimum atomic E-state index is -5.14. The first-order valence-electron chi connectivity index (χ1n) is 3.98. The molecular weight excluding hydrogens is 265 g/mol. The van der Waals surface area contributed by atoms with Crippen LogP contribution in [-0.2, 0) is 8.53 Å². The Hall–Kier alpha value is -1.23. The van der Waals surface area contributed by atoms with E-state index >= 15 is 0 Å². The summed E-state index contributed by atoms with van der Waals surface area (Å²) in [5.41, 5.74) is -0.225. The third kappa shape index (κ3) is 2.86. The summed E-state index contributed by atoms with van der Waals surface area (Å²) in [6.07, 6.45) is 0. The van der Waals surface area contributed by atoms with E-state index in [1.54, 1.807) is 0 Å². The van der Waals surface area contributed by atoms with Crippen LogP contribution in [0.15, 0.2) is 18.2 Å². The van der Waals surface area contributed by atoms with Gasteiger partial charge in [-0.05, 0) is 0 Å². The number of para-hydroxylation sites is 1. The molecule has 1 amide bonds. The molecule has 15 heavy (non-hydrogen) atoms. The molecule has 1 aromatic rings. The number of phenols is 1. The summed E-state index contributed by atoms with van der Waals surface area (Å²) in [7, 11) is 0. The second kappa shape index (κ2) is 4.10. The Kier molecular flexibility index (Phi) is 3.24. The van der Waals surface area contributed by atoms with Crippen molar-refractivity contribution in [1.82, 2.24) is 0 Å². The number of carbonyl (C=O) groups is 1. The first-order chi connectivity index (χ1) is 6.82. The Morgan fingerprint density at radius 1 is 1.40 bits per heavy atom. The fourth-order valence-electron chi connectivity index (χ4n) is 1.08. The normalized spacial score (nSPS) is 11.1. The predicted octanol–water partition coefficient (Wildman–Crippen LogP) is -1.09. The second-order valence-electron chi connectivity index (χ2n) is 2.90. The quantitative estimate of drug-likeness (QED) is 0.405. The van der Waals surface area contributed by atoms with Crippen molar-refractivity contribution < 1.29 is 21.8 Å². The summed E-state index contributed by atoms with van der Waals surface area (Å²) in [6, 6.07) is 3.71. The molecule has 0 aromatic heterocycles. The summed E-state index contributed by atoms with van der Waals surface area (Å²) in [5.74, 6) is -0.880. The number of carbonyl (C=O) groups excluding carboxylic acids is 1. The molecule has 0 aliphatic carbocycles. The van der Waals surface area contributed by atoms with E-state index in [0.29, 0.717) is 0 Å². The van der Waals surface area contributed by atoms with Crippen molar-refractivity contribution in [2.75, 3.05) is 5.32 Å². The van der Waals surface area contributed by atoms with Gasteiger partial charge in [-0.25, -0.2) is 0 Å². The van der Waals surface area contributed by atoms with Gasteiger partial charge in [-0.1, -0.05) is 0 Å². The molecule has 6 nitrogen and oxygen atoms in total. The van der Waals surface area contributed by atoms with Gasteiger partial charge in [0.05, 0.1) is 0 Å². The number of hydrogen-bond acceptors (Lipinski definition) is 3. The molecule has 1 rings (SSSR count). The molecule has 1 aromatic carbocycles. The van der Waals surface area contributed by atoms with Gasteiger partial charge >= 0.3 is 88.1 Å². The number of phenolic OH excluding ortho intramolecular Hbond substituents is 1. The number of benzene rings is 1. The molecule has 0 unspecified atom stereocenters. The molecule has 0 atom stereocenters. The van der Waals surface area contributed by atoms with E-state index in [1.165, 1.54) is 25.1 Å². The van der Waals surface area contributed by atoms with Crippen molar-refractivity contribution in [1.29, 1.82) is 0 Å². The molecule has 0 bridgehead atoms. The molecule has 0 aliphatic heterocycles. The summed E-state index contributed by atoms with van der Waals surface area (Å²) in [4.78, 5) is 10.8. The molecule has 0 radical (unpaired) electrons. The zero-order valence-electron chi connectivity index (χ0n) is 7.84. The van der Waals surface area contributed by atoms with Crippen LogP contribution in [0.4, 0.5) is 5.69 Å².